The average Bonchev–Trinajstić information content (AvgIpc) is 3.25. The molecule has 1 aromatic carbocycles. The minimum atomic E-state index is -1.20. The Kier molecular flexibility index (Phi) is 4.76. The monoisotopic (exact) mass is 485 g/mol. The van der Waals surface area contributed by atoms with E-state index in [1.807, 2.05) is 18.2 Å². The van der Waals surface area contributed by atoms with Crippen molar-refractivity contribution >= 4 is 5.97 Å². The molecule has 36 heavy (non-hydrogen) atoms. The van der Waals surface area contributed by atoms with Gasteiger partial charge in [0.1, 0.15) is 11.6 Å². The number of carbonyl (C=O) groups is 1. The Morgan fingerprint density at radius 3 is 2.39 bits per heavy atom. The van der Waals surface area contributed by atoms with Crippen LogP contribution in [-0.4, -0.2) is 36.2 Å². The number of hydrogen-bond donors (Lipinski definition) is 1. The summed E-state index contributed by atoms with van der Waals surface area (Å²) in [7, 11) is 0. The lowest BCUT2D eigenvalue weighted by molar-refractivity contribution is 0.0683. The Hall–Kier alpha value is -4.14. The van der Waals surface area contributed by atoms with Crippen molar-refractivity contribution in [1.82, 2.24) is 25.1 Å². The number of aromatic nitrogens is 5. The Morgan fingerprint density at radius 2 is 1.69 bits per heavy atom. The zero-order valence-electron chi connectivity index (χ0n) is 19.5. The molecule has 6 rings (SSSR count). The molecule has 4 aromatic rings. The first-order chi connectivity index (χ1) is 17.2. The molecule has 7 nitrogen and oxygen atoms in total. The van der Waals surface area contributed by atoms with Crippen LogP contribution in [0.15, 0.2) is 54.9 Å². The van der Waals surface area contributed by atoms with E-state index in [0.29, 0.717) is 11.3 Å². The number of fused-ring (bicyclic) bond motifs is 5. The molecular formula is C27H21F2N5O2. The molecule has 0 unspecified atom stereocenters. The quantitative estimate of drug-likeness (QED) is 0.425. The van der Waals surface area contributed by atoms with Crippen molar-refractivity contribution < 1.29 is 18.7 Å². The van der Waals surface area contributed by atoms with Crippen molar-refractivity contribution in [3.63, 3.8) is 0 Å². The van der Waals surface area contributed by atoms with Gasteiger partial charge in [-0.15, -0.1) is 5.10 Å². The second-order valence-electron chi connectivity index (χ2n) is 9.86. The van der Waals surface area contributed by atoms with Gasteiger partial charge < -0.3 is 5.11 Å². The smallest absolute Gasteiger partial charge is 0.373 e. The highest BCUT2D eigenvalue weighted by molar-refractivity contribution is 5.83. The summed E-state index contributed by atoms with van der Waals surface area (Å²) in [6.07, 6.45) is 4.58. The predicted molar refractivity (Wildman–Crippen MR) is 126 cm³/mol. The summed E-state index contributed by atoms with van der Waals surface area (Å²) in [4.78, 5) is 23.9. The highest BCUT2D eigenvalue weighted by Gasteiger charge is 2.65. The molecule has 1 saturated carbocycles. The number of halogens is 2. The molecule has 0 radical (unpaired) electrons. The minimum absolute atomic E-state index is 0.125. The fraction of sp³-hybridized carbons (Fsp3) is 0.259. The SMILES string of the molecule is CC1(C)[C@H]2CC[C@@]1(c1cccc(-c3cnc(C(=O)O)nc3)n1)c1nnc(-c3c(F)cccc3F)cc12. The van der Waals surface area contributed by atoms with Crippen LogP contribution in [0.2, 0.25) is 0 Å². The Labute approximate surface area is 205 Å². The number of benzene rings is 1. The summed E-state index contributed by atoms with van der Waals surface area (Å²) < 4.78 is 29.0. The van der Waals surface area contributed by atoms with Crippen LogP contribution < -0.4 is 0 Å². The van der Waals surface area contributed by atoms with Crippen LogP contribution in [-0.2, 0) is 5.41 Å². The molecule has 180 valence electrons. The van der Waals surface area contributed by atoms with E-state index in [-0.39, 0.29) is 28.4 Å². The molecule has 1 N–H and O–H groups in total. The first-order valence-electron chi connectivity index (χ1n) is 11.6. The normalized spacial score (nSPS) is 21.4. The van der Waals surface area contributed by atoms with Gasteiger partial charge in [0.15, 0.2) is 0 Å². The lowest BCUT2D eigenvalue weighted by Gasteiger charge is -2.37. The van der Waals surface area contributed by atoms with Crippen molar-refractivity contribution in [2.24, 2.45) is 5.41 Å². The number of carboxylic acids is 1. The number of rotatable bonds is 4. The highest BCUT2D eigenvalue weighted by Crippen LogP contribution is 2.69. The van der Waals surface area contributed by atoms with E-state index >= 15 is 0 Å². The highest BCUT2D eigenvalue weighted by atomic mass is 19.1. The summed E-state index contributed by atoms with van der Waals surface area (Å²) in [5, 5.41) is 17.9. The van der Waals surface area contributed by atoms with Gasteiger partial charge in [-0.05, 0) is 60.1 Å². The maximum Gasteiger partial charge on any atom is 0.373 e. The van der Waals surface area contributed by atoms with Crippen LogP contribution in [0.1, 0.15) is 60.2 Å². The lowest BCUT2D eigenvalue weighted by Crippen LogP contribution is -2.37. The third-order valence-corrected chi connectivity index (χ3v) is 7.93. The first-order valence-corrected chi connectivity index (χ1v) is 11.6. The van der Waals surface area contributed by atoms with Gasteiger partial charge in [-0.2, -0.15) is 5.10 Å². The Morgan fingerprint density at radius 1 is 1.00 bits per heavy atom. The van der Waals surface area contributed by atoms with E-state index < -0.39 is 23.0 Å². The van der Waals surface area contributed by atoms with E-state index in [9.17, 15) is 13.6 Å². The van der Waals surface area contributed by atoms with Crippen LogP contribution in [0.25, 0.3) is 22.5 Å². The molecule has 3 heterocycles. The van der Waals surface area contributed by atoms with Crippen LogP contribution in [0.3, 0.4) is 0 Å². The fourth-order valence-corrected chi connectivity index (χ4v) is 6.16. The Bertz CT molecular complexity index is 1520. The van der Waals surface area contributed by atoms with Crippen LogP contribution in [0, 0.1) is 17.0 Å². The van der Waals surface area contributed by atoms with Gasteiger partial charge in [0, 0.05) is 18.0 Å². The molecule has 2 aliphatic rings. The standard InChI is InChI=1S/C27H21F2N5O2/c1-26(2)16-9-10-27(26,21-8-4-7-19(32-21)14-12-30-24(25(35)36)31-13-14)23-15(16)11-20(33-34-23)22-17(28)5-3-6-18(22)29/h3-8,11-13,16H,9-10H2,1-2H3,(H,35,36)/t16-,27+/m0/s1. The lowest BCUT2D eigenvalue weighted by atomic mass is 9.66. The van der Waals surface area contributed by atoms with E-state index in [1.165, 1.54) is 30.6 Å². The van der Waals surface area contributed by atoms with Crippen LogP contribution in [0.4, 0.5) is 8.78 Å². The minimum Gasteiger partial charge on any atom is -0.475 e. The molecule has 1 fully saturated rings. The third kappa shape index (κ3) is 2.95. The molecule has 0 saturated heterocycles. The van der Waals surface area contributed by atoms with Crippen molar-refractivity contribution in [1.29, 1.82) is 0 Å². The molecule has 3 aromatic heterocycles. The van der Waals surface area contributed by atoms with Gasteiger partial charge in [-0.25, -0.2) is 23.5 Å². The second kappa shape index (κ2) is 7.68. The number of nitrogens with zero attached hydrogens (tertiary/aromatic N) is 5. The summed E-state index contributed by atoms with van der Waals surface area (Å²) in [6.45, 7) is 4.35. The Balaban J connectivity index is 1.48. The van der Waals surface area contributed by atoms with E-state index in [4.69, 9.17) is 10.1 Å². The van der Waals surface area contributed by atoms with Crippen molar-refractivity contribution in [2.75, 3.05) is 0 Å². The maximum absolute atomic E-state index is 14.5. The van der Waals surface area contributed by atoms with Crippen LogP contribution >= 0.6 is 0 Å². The fourth-order valence-electron chi connectivity index (χ4n) is 6.16. The largest absolute Gasteiger partial charge is 0.475 e. The van der Waals surface area contributed by atoms with Gasteiger partial charge in [0.05, 0.1) is 33.8 Å². The third-order valence-electron chi connectivity index (χ3n) is 7.93. The molecule has 0 spiro atoms. The van der Waals surface area contributed by atoms with Crippen molar-refractivity contribution in [3.8, 4) is 22.5 Å². The van der Waals surface area contributed by atoms with Gasteiger partial charge in [-0.1, -0.05) is 26.0 Å². The first kappa shape index (κ1) is 22.3. The van der Waals surface area contributed by atoms with Gasteiger partial charge in [0.25, 0.3) is 0 Å². The topological polar surface area (TPSA) is 102 Å². The van der Waals surface area contributed by atoms with Crippen molar-refractivity contribution in [2.45, 2.75) is 38.0 Å². The summed E-state index contributed by atoms with van der Waals surface area (Å²) in [5.74, 6) is -2.70. The van der Waals surface area contributed by atoms with Gasteiger partial charge >= 0.3 is 5.97 Å². The molecule has 2 atom stereocenters. The number of carboxylic acid groups (broad SMARTS) is 1. The summed E-state index contributed by atoms with van der Waals surface area (Å²) >= 11 is 0. The van der Waals surface area contributed by atoms with E-state index in [2.05, 4.69) is 34.0 Å². The summed E-state index contributed by atoms with van der Waals surface area (Å²) in [6, 6.07) is 11.2. The predicted octanol–water partition coefficient (Wildman–Crippen LogP) is 5.18. The van der Waals surface area contributed by atoms with E-state index in [0.717, 1.165) is 29.8 Å². The molecular weight excluding hydrogens is 464 g/mol. The second-order valence-corrected chi connectivity index (χ2v) is 9.86. The molecule has 2 aliphatic carbocycles. The summed E-state index contributed by atoms with van der Waals surface area (Å²) in [5.41, 5.74) is 2.95. The van der Waals surface area contributed by atoms with Crippen LogP contribution in [0.5, 0.6) is 0 Å². The molecule has 0 aliphatic heterocycles. The molecule has 0 amide bonds. The number of pyridine rings is 1. The number of aromatic carboxylic acids is 1. The maximum atomic E-state index is 14.5. The zero-order valence-corrected chi connectivity index (χ0v) is 19.5. The van der Waals surface area contributed by atoms with Gasteiger partial charge in [-0.3, -0.25) is 4.98 Å². The van der Waals surface area contributed by atoms with E-state index in [1.54, 1.807) is 6.07 Å². The van der Waals surface area contributed by atoms with Crippen molar-refractivity contribution in [3.05, 3.63) is 89.3 Å². The van der Waals surface area contributed by atoms with Gasteiger partial charge in [0.2, 0.25) is 5.82 Å². The zero-order chi connectivity index (χ0) is 25.2. The molecule has 2 bridgehead atoms. The average molecular weight is 485 g/mol. The molecule has 9 heteroatoms. The number of hydrogen-bond acceptors (Lipinski definition) is 6.